The lowest BCUT2D eigenvalue weighted by atomic mass is 9.80. The van der Waals surface area contributed by atoms with Crippen LogP contribution in [0.25, 0.3) is 0 Å². The zero-order valence-corrected chi connectivity index (χ0v) is 14.1. The second-order valence-electron chi connectivity index (χ2n) is 5.63. The van der Waals surface area contributed by atoms with Crippen molar-refractivity contribution in [3.8, 4) is 0 Å². The smallest absolute Gasteiger partial charge is 0.321 e. The Morgan fingerprint density at radius 2 is 1.62 bits per heavy atom. The molecule has 1 saturated heterocycles. The van der Waals surface area contributed by atoms with E-state index in [1.54, 1.807) is 20.8 Å². The second kappa shape index (κ2) is 7.95. The average Bonchev–Trinajstić information content (AvgIpc) is 2.85. The number of hydrogen-bond acceptors (Lipinski definition) is 6. The van der Waals surface area contributed by atoms with Crippen LogP contribution in [0.3, 0.4) is 0 Å². The summed E-state index contributed by atoms with van der Waals surface area (Å²) in [6.07, 6.45) is -0.505. The highest BCUT2D eigenvalue weighted by Crippen LogP contribution is 2.43. The highest BCUT2D eigenvalue weighted by Gasteiger charge is 2.52. The number of rotatable bonds is 6. The van der Waals surface area contributed by atoms with E-state index < -0.39 is 35.8 Å². The van der Waals surface area contributed by atoms with Crippen molar-refractivity contribution in [3.05, 3.63) is 35.9 Å². The second-order valence-corrected chi connectivity index (χ2v) is 5.63. The molecule has 0 aromatic heterocycles. The summed E-state index contributed by atoms with van der Waals surface area (Å²) in [7, 11) is 0. The summed E-state index contributed by atoms with van der Waals surface area (Å²) in [6.45, 7) is 5.31. The quantitative estimate of drug-likeness (QED) is 0.451. The molecule has 2 rings (SSSR count). The van der Waals surface area contributed by atoms with Crippen LogP contribution in [-0.2, 0) is 28.6 Å². The maximum atomic E-state index is 12.4. The van der Waals surface area contributed by atoms with Crippen molar-refractivity contribution >= 4 is 17.9 Å². The molecule has 3 atom stereocenters. The molecule has 0 saturated carbocycles. The Kier molecular flexibility index (Phi) is 5.95. The Balaban J connectivity index is 2.30. The number of cyclic esters (lactones) is 1. The Morgan fingerprint density at radius 3 is 2.12 bits per heavy atom. The minimum absolute atomic E-state index is 0.118. The van der Waals surface area contributed by atoms with Gasteiger partial charge in [-0.3, -0.25) is 14.4 Å². The molecule has 0 unspecified atom stereocenters. The molecular formula is C18H22O6. The molecule has 0 spiro atoms. The molecule has 0 amide bonds. The lowest BCUT2D eigenvalue weighted by Crippen LogP contribution is -2.39. The predicted octanol–water partition coefficient (Wildman–Crippen LogP) is 2.28. The summed E-state index contributed by atoms with van der Waals surface area (Å²) >= 11 is 0. The molecule has 1 heterocycles. The van der Waals surface area contributed by atoms with Gasteiger partial charge >= 0.3 is 17.9 Å². The van der Waals surface area contributed by atoms with Gasteiger partial charge < -0.3 is 14.2 Å². The first-order chi connectivity index (χ1) is 11.5. The van der Waals surface area contributed by atoms with Gasteiger partial charge in [0.1, 0.15) is 6.10 Å². The van der Waals surface area contributed by atoms with E-state index in [-0.39, 0.29) is 19.1 Å². The molecule has 1 aromatic carbocycles. The normalized spacial score (nSPS) is 23.0. The first kappa shape index (κ1) is 18.0. The van der Waals surface area contributed by atoms with Crippen LogP contribution in [-0.4, -0.2) is 31.1 Å². The van der Waals surface area contributed by atoms with Gasteiger partial charge in [0.25, 0.3) is 0 Å². The molecule has 130 valence electrons. The van der Waals surface area contributed by atoms with Crippen molar-refractivity contribution in [1.29, 1.82) is 0 Å². The summed E-state index contributed by atoms with van der Waals surface area (Å²) in [5.74, 6) is -4.67. The lowest BCUT2D eigenvalue weighted by Gasteiger charge is -2.22. The van der Waals surface area contributed by atoms with E-state index in [0.717, 1.165) is 5.56 Å². The standard InChI is InChI=1S/C18H22O6/c1-4-22-16(19)14(17(20)23-5-2)13-11(3)15(24-18(13)21)12-9-7-6-8-10-12/h6-11,13-15H,4-5H2,1-3H3/t11-,13+,15-/m0/s1. The molecule has 6 heteroatoms. The monoisotopic (exact) mass is 334 g/mol. The third-order valence-corrected chi connectivity index (χ3v) is 4.13. The Bertz CT molecular complexity index is 579. The number of carbonyl (C=O) groups excluding carboxylic acids is 3. The first-order valence-corrected chi connectivity index (χ1v) is 8.09. The molecule has 1 fully saturated rings. The molecule has 0 N–H and O–H groups in total. The molecular weight excluding hydrogens is 312 g/mol. The van der Waals surface area contributed by atoms with Crippen molar-refractivity contribution < 1.29 is 28.6 Å². The summed E-state index contributed by atoms with van der Waals surface area (Å²) in [5.41, 5.74) is 0.826. The van der Waals surface area contributed by atoms with Crippen LogP contribution >= 0.6 is 0 Å². The number of esters is 3. The lowest BCUT2D eigenvalue weighted by molar-refractivity contribution is -0.168. The summed E-state index contributed by atoms with van der Waals surface area (Å²) in [4.78, 5) is 36.9. The van der Waals surface area contributed by atoms with Gasteiger partial charge in [-0.1, -0.05) is 37.3 Å². The van der Waals surface area contributed by atoms with Crippen molar-refractivity contribution in [1.82, 2.24) is 0 Å². The van der Waals surface area contributed by atoms with E-state index in [0.29, 0.717) is 0 Å². The fourth-order valence-electron chi connectivity index (χ4n) is 3.02. The van der Waals surface area contributed by atoms with E-state index in [4.69, 9.17) is 14.2 Å². The first-order valence-electron chi connectivity index (χ1n) is 8.09. The number of ether oxygens (including phenoxy) is 3. The van der Waals surface area contributed by atoms with Crippen LogP contribution in [0.4, 0.5) is 0 Å². The average molecular weight is 334 g/mol. The fraction of sp³-hybridized carbons (Fsp3) is 0.500. The van der Waals surface area contributed by atoms with Gasteiger partial charge in [-0.05, 0) is 19.4 Å². The van der Waals surface area contributed by atoms with Crippen molar-refractivity contribution in [2.75, 3.05) is 13.2 Å². The molecule has 24 heavy (non-hydrogen) atoms. The number of benzene rings is 1. The third-order valence-electron chi connectivity index (χ3n) is 4.13. The number of hydrogen-bond donors (Lipinski definition) is 0. The van der Waals surface area contributed by atoms with Crippen LogP contribution in [0.2, 0.25) is 0 Å². The van der Waals surface area contributed by atoms with Crippen LogP contribution in [0.5, 0.6) is 0 Å². The van der Waals surface area contributed by atoms with Crippen LogP contribution in [0, 0.1) is 17.8 Å². The SMILES string of the molecule is CCOC(=O)C(C(=O)OCC)[C@@H]1C(=O)O[C@H](c2ccccc2)[C@H]1C. The summed E-state index contributed by atoms with van der Waals surface area (Å²) < 4.78 is 15.4. The molecule has 6 nitrogen and oxygen atoms in total. The van der Waals surface area contributed by atoms with Gasteiger partial charge in [-0.15, -0.1) is 0 Å². The van der Waals surface area contributed by atoms with Gasteiger partial charge in [0.15, 0.2) is 5.92 Å². The van der Waals surface area contributed by atoms with E-state index in [1.807, 2.05) is 30.3 Å². The molecule has 1 aliphatic rings. The minimum atomic E-state index is -1.30. The van der Waals surface area contributed by atoms with Crippen LogP contribution in [0.1, 0.15) is 32.4 Å². The van der Waals surface area contributed by atoms with Crippen LogP contribution in [0.15, 0.2) is 30.3 Å². The molecule has 0 aliphatic carbocycles. The molecule has 0 radical (unpaired) electrons. The summed E-state index contributed by atoms with van der Waals surface area (Å²) in [5, 5.41) is 0. The zero-order valence-electron chi connectivity index (χ0n) is 14.1. The van der Waals surface area contributed by atoms with Gasteiger partial charge in [0, 0.05) is 5.92 Å². The summed E-state index contributed by atoms with van der Waals surface area (Å²) in [6, 6.07) is 9.25. The fourth-order valence-corrected chi connectivity index (χ4v) is 3.02. The molecule has 1 aromatic rings. The van der Waals surface area contributed by atoms with E-state index in [1.165, 1.54) is 0 Å². The third kappa shape index (κ3) is 3.58. The van der Waals surface area contributed by atoms with Crippen LogP contribution < -0.4 is 0 Å². The molecule has 1 aliphatic heterocycles. The minimum Gasteiger partial charge on any atom is -0.465 e. The van der Waals surface area contributed by atoms with Crippen molar-refractivity contribution in [2.24, 2.45) is 17.8 Å². The van der Waals surface area contributed by atoms with Gasteiger partial charge in [-0.2, -0.15) is 0 Å². The van der Waals surface area contributed by atoms with Gasteiger partial charge in [-0.25, -0.2) is 0 Å². The maximum Gasteiger partial charge on any atom is 0.321 e. The highest BCUT2D eigenvalue weighted by atomic mass is 16.6. The molecule has 0 bridgehead atoms. The topological polar surface area (TPSA) is 78.9 Å². The van der Waals surface area contributed by atoms with Crippen molar-refractivity contribution in [2.45, 2.75) is 26.9 Å². The predicted molar refractivity (Wildman–Crippen MR) is 84.7 cm³/mol. The Hall–Kier alpha value is -2.37. The number of carbonyl (C=O) groups is 3. The van der Waals surface area contributed by atoms with E-state index in [9.17, 15) is 14.4 Å². The van der Waals surface area contributed by atoms with Gasteiger partial charge in [0.05, 0.1) is 19.1 Å². The largest absolute Gasteiger partial charge is 0.465 e. The van der Waals surface area contributed by atoms with E-state index >= 15 is 0 Å². The van der Waals surface area contributed by atoms with E-state index in [2.05, 4.69) is 0 Å². The Labute approximate surface area is 141 Å². The zero-order chi connectivity index (χ0) is 17.7. The van der Waals surface area contributed by atoms with Crippen molar-refractivity contribution in [3.63, 3.8) is 0 Å². The Morgan fingerprint density at radius 1 is 1.08 bits per heavy atom. The van der Waals surface area contributed by atoms with Gasteiger partial charge in [0.2, 0.25) is 0 Å². The highest BCUT2D eigenvalue weighted by molar-refractivity contribution is 5.99. The maximum absolute atomic E-state index is 12.4.